The van der Waals surface area contributed by atoms with Crippen molar-refractivity contribution in [1.82, 2.24) is 10.6 Å². The van der Waals surface area contributed by atoms with Crippen molar-refractivity contribution in [1.29, 1.82) is 0 Å². The lowest BCUT2D eigenvalue weighted by Gasteiger charge is -2.30. The SMILES string of the molecule is CCNC(=NCc1cc(C)cc(OC)c1)NC1CCCC(S(=O)CC)C1. The molecule has 2 rings (SSSR count). The molecule has 5 nitrogen and oxygen atoms in total. The maximum atomic E-state index is 12.2. The van der Waals surface area contributed by atoms with Crippen molar-refractivity contribution < 1.29 is 8.95 Å². The average Bonchev–Trinajstić information content (AvgIpc) is 2.65. The van der Waals surface area contributed by atoms with Crippen molar-refractivity contribution in [2.75, 3.05) is 19.4 Å². The van der Waals surface area contributed by atoms with E-state index in [4.69, 9.17) is 9.73 Å². The molecule has 1 saturated carbocycles. The standard InChI is InChI=1S/C20H33N3O2S/c1-5-21-20(22-14-16-10-15(3)11-18(12-16)25-4)23-17-8-7-9-19(13-17)26(24)6-2/h10-12,17,19H,5-9,13-14H2,1-4H3,(H2,21,22,23). The van der Waals surface area contributed by atoms with E-state index in [2.05, 4.69) is 30.5 Å². The summed E-state index contributed by atoms with van der Waals surface area (Å²) in [7, 11) is 0.981. The Hall–Kier alpha value is -1.56. The maximum Gasteiger partial charge on any atom is 0.191 e. The molecule has 3 atom stereocenters. The summed E-state index contributed by atoms with van der Waals surface area (Å²) in [6, 6.07) is 6.53. The maximum absolute atomic E-state index is 12.2. The molecule has 0 spiro atoms. The van der Waals surface area contributed by atoms with Crippen LogP contribution in [0.2, 0.25) is 0 Å². The van der Waals surface area contributed by atoms with Crippen molar-refractivity contribution in [2.45, 2.75) is 64.3 Å². The van der Waals surface area contributed by atoms with Gasteiger partial charge in [-0.05, 0) is 56.4 Å². The molecule has 0 saturated heterocycles. The summed E-state index contributed by atoms with van der Waals surface area (Å²) < 4.78 is 17.5. The largest absolute Gasteiger partial charge is 0.497 e. The number of nitrogens with zero attached hydrogens (tertiary/aromatic N) is 1. The van der Waals surface area contributed by atoms with Gasteiger partial charge in [-0.25, -0.2) is 4.99 Å². The predicted molar refractivity (Wildman–Crippen MR) is 110 cm³/mol. The highest BCUT2D eigenvalue weighted by Crippen LogP contribution is 2.23. The van der Waals surface area contributed by atoms with Crippen LogP contribution in [0.15, 0.2) is 23.2 Å². The van der Waals surface area contributed by atoms with Crippen molar-refractivity contribution in [2.24, 2.45) is 4.99 Å². The van der Waals surface area contributed by atoms with Gasteiger partial charge in [-0.15, -0.1) is 0 Å². The minimum atomic E-state index is -0.707. The highest BCUT2D eigenvalue weighted by atomic mass is 32.2. The quantitative estimate of drug-likeness (QED) is 0.564. The Morgan fingerprint density at radius 1 is 1.31 bits per heavy atom. The van der Waals surface area contributed by atoms with E-state index in [9.17, 15) is 4.21 Å². The summed E-state index contributed by atoms with van der Waals surface area (Å²) in [4.78, 5) is 4.75. The molecular formula is C20H33N3O2S. The minimum absolute atomic E-state index is 0.315. The molecular weight excluding hydrogens is 346 g/mol. The van der Waals surface area contributed by atoms with Gasteiger partial charge in [-0.2, -0.15) is 0 Å². The van der Waals surface area contributed by atoms with Gasteiger partial charge in [0.25, 0.3) is 0 Å². The first-order chi connectivity index (χ1) is 12.5. The third kappa shape index (κ3) is 6.31. The molecule has 1 aromatic rings. The van der Waals surface area contributed by atoms with Gasteiger partial charge >= 0.3 is 0 Å². The van der Waals surface area contributed by atoms with Gasteiger partial charge in [-0.3, -0.25) is 4.21 Å². The number of aryl methyl sites for hydroxylation is 1. The van der Waals surface area contributed by atoms with Gasteiger partial charge in [-0.1, -0.05) is 19.4 Å². The topological polar surface area (TPSA) is 62.7 Å². The number of aliphatic imine (C=N–C) groups is 1. The molecule has 0 amide bonds. The number of hydrogen-bond acceptors (Lipinski definition) is 3. The second-order valence-corrected chi connectivity index (χ2v) is 8.86. The van der Waals surface area contributed by atoms with E-state index in [-0.39, 0.29) is 0 Å². The van der Waals surface area contributed by atoms with Crippen LogP contribution in [0.4, 0.5) is 0 Å². The van der Waals surface area contributed by atoms with E-state index in [1.54, 1.807) is 7.11 Å². The Labute approximate surface area is 160 Å². The van der Waals surface area contributed by atoms with E-state index in [0.29, 0.717) is 17.8 Å². The number of methoxy groups -OCH3 is 1. The number of benzene rings is 1. The highest BCUT2D eigenvalue weighted by molar-refractivity contribution is 7.85. The first kappa shape index (κ1) is 20.7. The number of nitrogens with one attached hydrogen (secondary N) is 2. The lowest BCUT2D eigenvalue weighted by molar-refractivity contribution is 0.413. The van der Waals surface area contributed by atoms with Crippen molar-refractivity contribution in [3.05, 3.63) is 29.3 Å². The molecule has 2 N–H and O–H groups in total. The van der Waals surface area contributed by atoms with Crippen molar-refractivity contribution in [3.63, 3.8) is 0 Å². The lowest BCUT2D eigenvalue weighted by atomic mass is 9.95. The zero-order valence-electron chi connectivity index (χ0n) is 16.5. The molecule has 146 valence electrons. The third-order valence-electron chi connectivity index (χ3n) is 4.73. The summed E-state index contributed by atoms with van der Waals surface area (Å²) in [6.07, 6.45) is 4.28. The highest BCUT2D eigenvalue weighted by Gasteiger charge is 2.26. The smallest absolute Gasteiger partial charge is 0.191 e. The zero-order valence-corrected chi connectivity index (χ0v) is 17.3. The monoisotopic (exact) mass is 379 g/mol. The molecule has 1 aliphatic rings. The second-order valence-electron chi connectivity index (χ2n) is 6.85. The van der Waals surface area contributed by atoms with E-state index in [1.807, 2.05) is 19.1 Å². The molecule has 3 unspecified atom stereocenters. The molecule has 0 aromatic heterocycles. The van der Waals surface area contributed by atoms with Gasteiger partial charge in [0.15, 0.2) is 5.96 Å². The summed E-state index contributed by atoms with van der Waals surface area (Å²) in [5.41, 5.74) is 2.30. The summed E-state index contributed by atoms with van der Waals surface area (Å²) in [5, 5.41) is 7.20. The van der Waals surface area contributed by atoms with Crippen LogP contribution in [0.1, 0.15) is 50.7 Å². The van der Waals surface area contributed by atoms with Crippen LogP contribution >= 0.6 is 0 Å². The van der Waals surface area contributed by atoms with E-state index >= 15 is 0 Å². The summed E-state index contributed by atoms with van der Waals surface area (Å²) >= 11 is 0. The van der Waals surface area contributed by atoms with Gasteiger partial charge in [0.05, 0.1) is 13.7 Å². The molecule has 0 bridgehead atoms. The first-order valence-electron chi connectivity index (χ1n) is 9.62. The average molecular weight is 380 g/mol. The number of guanidine groups is 1. The normalized spacial score (nSPS) is 21.9. The number of rotatable bonds is 7. The Morgan fingerprint density at radius 2 is 2.12 bits per heavy atom. The van der Waals surface area contributed by atoms with Crippen molar-refractivity contribution in [3.8, 4) is 5.75 Å². The Balaban J connectivity index is 2.02. The molecule has 6 heteroatoms. The number of hydrogen-bond donors (Lipinski definition) is 2. The summed E-state index contributed by atoms with van der Waals surface area (Å²) in [6.45, 7) is 7.57. The molecule has 0 heterocycles. The van der Waals surface area contributed by atoms with Gasteiger partial charge in [0.2, 0.25) is 0 Å². The Bertz CT molecular complexity index is 633. The Morgan fingerprint density at radius 3 is 2.81 bits per heavy atom. The fraction of sp³-hybridized carbons (Fsp3) is 0.650. The van der Waals surface area contributed by atoms with Gasteiger partial charge in [0.1, 0.15) is 5.75 Å². The van der Waals surface area contributed by atoms with Crippen LogP contribution in [0.5, 0.6) is 5.75 Å². The van der Waals surface area contributed by atoms with Crippen molar-refractivity contribution >= 4 is 16.8 Å². The van der Waals surface area contributed by atoms with E-state index in [0.717, 1.165) is 55.3 Å². The molecule has 1 fully saturated rings. The zero-order chi connectivity index (χ0) is 18.9. The van der Waals surface area contributed by atoms with E-state index in [1.165, 1.54) is 5.56 Å². The van der Waals surface area contributed by atoms with Crippen LogP contribution in [-0.2, 0) is 17.3 Å². The lowest BCUT2D eigenvalue weighted by Crippen LogP contribution is -2.46. The molecule has 0 radical (unpaired) electrons. The third-order valence-corrected chi connectivity index (χ3v) is 6.47. The van der Waals surface area contributed by atoms with Crippen LogP contribution < -0.4 is 15.4 Å². The van der Waals surface area contributed by atoms with Crippen LogP contribution in [0.3, 0.4) is 0 Å². The van der Waals surface area contributed by atoms with Gasteiger partial charge < -0.3 is 15.4 Å². The Kier molecular flexibility index (Phi) is 8.42. The van der Waals surface area contributed by atoms with E-state index < -0.39 is 10.8 Å². The molecule has 0 aliphatic heterocycles. The van der Waals surface area contributed by atoms with Crippen LogP contribution in [-0.4, -0.2) is 40.9 Å². The first-order valence-corrected chi connectivity index (χ1v) is 11.0. The molecule has 1 aliphatic carbocycles. The number of ether oxygens (including phenoxy) is 1. The fourth-order valence-electron chi connectivity index (χ4n) is 3.47. The van der Waals surface area contributed by atoms with Gasteiger partial charge in [0, 0.05) is 34.4 Å². The predicted octanol–water partition coefficient (Wildman–Crippen LogP) is 3.14. The van der Waals surface area contributed by atoms with Crippen LogP contribution in [0.25, 0.3) is 0 Å². The van der Waals surface area contributed by atoms with Crippen LogP contribution in [0, 0.1) is 6.92 Å². The molecule has 26 heavy (non-hydrogen) atoms. The minimum Gasteiger partial charge on any atom is -0.497 e. The second kappa shape index (κ2) is 10.6. The molecule has 1 aromatic carbocycles. The summed E-state index contributed by atoms with van der Waals surface area (Å²) in [5.74, 6) is 2.45. The fourth-order valence-corrected chi connectivity index (χ4v) is 4.82.